The fraction of sp³-hybridized carbons (Fsp3) is 0.312. The Labute approximate surface area is 147 Å². The lowest BCUT2D eigenvalue weighted by atomic mass is 10.1. The van der Waals surface area contributed by atoms with Crippen LogP contribution < -0.4 is 9.64 Å². The van der Waals surface area contributed by atoms with Crippen LogP contribution in [-0.4, -0.2) is 34.5 Å². The summed E-state index contributed by atoms with van der Waals surface area (Å²) in [5.74, 6) is -1.00. The van der Waals surface area contributed by atoms with E-state index in [0.29, 0.717) is 0 Å². The highest BCUT2D eigenvalue weighted by atomic mass is 16.6. The number of carbonyl (C=O) groups excluding carboxylic acids is 2. The molecule has 0 unspecified atom stereocenters. The molecule has 0 spiro atoms. The van der Waals surface area contributed by atoms with Crippen LogP contribution in [-0.2, 0) is 16.1 Å². The molecule has 0 aliphatic carbocycles. The molecule has 0 N–H and O–H groups in total. The van der Waals surface area contributed by atoms with Crippen LogP contribution in [0.4, 0.5) is 11.6 Å². The fourth-order valence-electron chi connectivity index (χ4n) is 2.52. The van der Waals surface area contributed by atoms with Crippen LogP contribution in [0.3, 0.4) is 0 Å². The minimum Gasteiger partial charge on any atom is -0.472 e. The van der Waals surface area contributed by atoms with Crippen LogP contribution in [0.25, 0.3) is 0 Å². The van der Waals surface area contributed by atoms with Crippen molar-refractivity contribution >= 4 is 23.5 Å². The van der Waals surface area contributed by atoms with E-state index in [0.717, 1.165) is 0 Å². The Kier molecular flexibility index (Phi) is 4.10. The predicted octanol–water partition coefficient (Wildman–Crippen LogP) is 2.07. The first-order chi connectivity index (χ1) is 12.2. The molecule has 0 fully saturated rings. The lowest BCUT2D eigenvalue weighted by Crippen LogP contribution is -2.52. The molecule has 0 atom stereocenters. The van der Waals surface area contributed by atoms with Gasteiger partial charge in [0, 0.05) is 6.07 Å². The molecule has 3 heterocycles. The van der Waals surface area contributed by atoms with E-state index in [2.05, 4.69) is 9.72 Å². The number of rotatable bonds is 4. The summed E-state index contributed by atoms with van der Waals surface area (Å²) >= 11 is 0. The van der Waals surface area contributed by atoms with Gasteiger partial charge in [-0.05, 0) is 42.0 Å². The summed E-state index contributed by atoms with van der Waals surface area (Å²) in [5.41, 5.74) is -1.19. The van der Waals surface area contributed by atoms with Crippen LogP contribution in [0.1, 0.15) is 30.2 Å². The molecule has 136 valence electrons. The summed E-state index contributed by atoms with van der Waals surface area (Å²) in [6, 6.07) is 5.52. The number of hydrogen-bond acceptors (Lipinski definition) is 8. The molecule has 0 aromatic carbocycles. The van der Waals surface area contributed by atoms with E-state index in [4.69, 9.17) is 9.15 Å². The highest BCUT2D eigenvalue weighted by molar-refractivity contribution is 6.01. The molecule has 2 aromatic heterocycles. The Bertz CT molecular complexity index is 903. The third kappa shape index (κ3) is 2.96. The zero-order valence-electron chi connectivity index (χ0n) is 14.2. The normalized spacial score (nSPS) is 15.2. The number of aromatic nitrogens is 1. The number of esters is 1. The average molecular weight is 361 g/mol. The largest absolute Gasteiger partial charge is 0.472 e. The van der Waals surface area contributed by atoms with E-state index >= 15 is 0 Å². The van der Waals surface area contributed by atoms with Gasteiger partial charge in [0.05, 0.1) is 13.7 Å². The fourth-order valence-corrected chi connectivity index (χ4v) is 2.52. The Morgan fingerprint density at radius 2 is 2.08 bits per heavy atom. The number of pyridine rings is 1. The number of ether oxygens (including phenoxy) is 2. The molecule has 0 saturated heterocycles. The van der Waals surface area contributed by atoms with Crippen molar-refractivity contribution in [3.63, 3.8) is 0 Å². The van der Waals surface area contributed by atoms with Crippen molar-refractivity contribution in [2.75, 3.05) is 12.0 Å². The minimum atomic E-state index is -1.19. The summed E-state index contributed by atoms with van der Waals surface area (Å²) in [7, 11) is 1.22. The van der Waals surface area contributed by atoms with Crippen molar-refractivity contribution in [3.05, 3.63) is 45.9 Å². The number of amides is 1. The number of hydrogen-bond donors (Lipinski definition) is 0. The highest BCUT2D eigenvalue weighted by Crippen LogP contribution is 2.38. The molecule has 1 amide bonds. The standard InChI is InChI=1S/C16H15N3O7/c1-16(2)15(21)18(8-9-4-5-11(25-9)14(20)24-3)13-10(26-16)6-7-12(17-13)19(22)23/h4-7H,8H2,1-3H3. The van der Waals surface area contributed by atoms with Crippen LogP contribution in [0, 0.1) is 10.1 Å². The number of carbonyl (C=O) groups is 2. The summed E-state index contributed by atoms with van der Waals surface area (Å²) in [5, 5.41) is 11.0. The average Bonchev–Trinajstić information content (AvgIpc) is 3.06. The first-order valence-electron chi connectivity index (χ1n) is 7.56. The number of anilines is 1. The molecule has 0 radical (unpaired) electrons. The third-order valence-electron chi connectivity index (χ3n) is 3.75. The number of nitrogens with zero attached hydrogens (tertiary/aromatic N) is 3. The first-order valence-corrected chi connectivity index (χ1v) is 7.56. The zero-order chi connectivity index (χ0) is 19.1. The van der Waals surface area contributed by atoms with Crippen molar-refractivity contribution in [3.8, 4) is 5.75 Å². The molecule has 10 heteroatoms. The molecular weight excluding hydrogens is 346 g/mol. The molecule has 26 heavy (non-hydrogen) atoms. The second-order valence-corrected chi connectivity index (χ2v) is 6.01. The van der Waals surface area contributed by atoms with Crippen LogP contribution in [0.15, 0.2) is 28.7 Å². The molecule has 1 aliphatic heterocycles. The van der Waals surface area contributed by atoms with Gasteiger partial charge >= 0.3 is 11.8 Å². The molecule has 10 nitrogen and oxygen atoms in total. The smallest absolute Gasteiger partial charge is 0.373 e. The maximum absolute atomic E-state index is 12.7. The molecule has 0 saturated carbocycles. The van der Waals surface area contributed by atoms with Gasteiger partial charge in [-0.15, -0.1) is 0 Å². The lowest BCUT2D eigenvalue weighted by Gasteiger charge is -2.35. The van der Waals surface area contributed by atoms with E-state index in [1.807, 2.05) is 0 Å². The van der Waals surface area contributed by atoms with Crippen LogP contribution in [0.5, 0.6) is 5.75 Å². The molecule has 3 rings (SSSR count). The Balaban J connectivity index is 2.00. The van der Waals surface area contributed by atoms with Crippen molar-refractivity contribution in [2.45, 2.75) is 26.0 Å². The summed E-state index contributed by atoms with van der Waals surface area (Å²) in [6.07, 6.45) is 0. The van der Waals surface area contributed by atoms with Gasteiger partial charge in [-0.3, -0.25) is 9.69 Å². The van der Waals surface area contributed by atoms with Gasteiger partial charge in [0.1, 0.15) is 5.76 Å². The van der Waals surface area contributed by atoms with Crippen molar-refractivity contribution < 1.29 is 28.4 Å². The second kappa shape index (κ2) is 6.14. The van der Waals surface area contributed by atoms with Gasteiger partial charge in [-0.25, -0.2) is 4.79 Å². The van der Waals surface area contributed by atoms with Gasteiger partial charge in [0.15, 0.2) is 11.4 Å². The van der Waals surface area contributed by atoms with E-state index in [1.165, 1.54) is 36.3 Å². The van der Waals surface area contributed by atoms with Crippen LogP contribution >= 0.6 is 0 Å². The first kappa shape index (κ1) is 17.4. The number of methoxy groups -OCH3 is 1. The number of fused-ring (bicyclic) bond motifs is 1. The molecule has 1 aliphatic rings. The van der Waals surface area contributed by atoms with Gasteiger partial charge in [0.25, 0.3) is 11.7 Å². The quantitative estimate of drug-likeness (QED) is 0.460. The number of furan rings is 1. The van der Waals surface area contributed by atoms with Crippen molar-refractivity contribution in [2.24, 2.45) is 0 Å². The minimum absolute atomic E-state index is 0.0135. The Morgan fingerprint density at radius 3 is 2.73 bits per heavy atom. The van der Waals surface area contributed by atoms with Gasteiger partial charge < -0.3 is 24.0 Å². The zero-order valence-corrected chi connectivity index (χ0v) is 14.2. The number of nitro groups is 1. The second-order valence-electron chi connectivity index (χ2n) is 6.01. The molecule has 0 bridgehead atoms. The predicted molar refractivity (Wildman–Crippen MR) is 86.8 cm³/mol. The van der Waals surface area contributed by atoms with E-state index in [9.17, 15) is 19.7 Å². The van der Waals surface area contributed by atoms with E-state index in [1.54, 1.807) is 13.8 Å². The topological polar surface area (TPSA) is 125 Å². The summed E-state index contributed by atoms with van der Waals surface area (Å²) < 4.78 is 15.6. The maximum atomic E-state index is 12.7. The molecule has 2 aromatic rings. The molecular formula is C16H15N3O7. The van der Waals surface area contributed by atoms with Gasteiger partial charge in [0.2, 0.25) is 5.76 Å². The Morgan fingerprint density at radius 1 is 1.35 bits per heavy atom. The maximum Gasteiger partial charge on any atom is 0.373 e. The van der Waals surface area contributed by atoms with Gasteiger partial charge in [-0.2, -0.15) is 0 Å². The third-order valence-corrected chi connectivity index (χ3v) is 3.75. The highest BCUT2D eigenvalue weighted by Gasteiger charge is 2.44. The van der Waals surface area contributed by atoms with Crippen molar-refractivity contribution in [1.29, 1.82) is 0 Å². The van der Waals surface area contributed by atoms with E-state index in [-0.39, 0.29) is 29.6 Å². The van der Waals surface area contributed by atoms with E-state index < -0.39 is 28.2 Å². The van der Waals surface area contributed by atoms with Gasteiger partial charge in [-0.1, -0.05) is 0 Å². The summed E-state index contributed by atoms with van der Waals surface area (Å²) in [4.78, 5) is 39.7. The lowest BCUT2D eigenvalue weighted by molar-refractivity contribution is -0.389. The SMILES string of the molecule is COC(=O)c1ccc(CN2C(=O)C(C)(C)Oc3ccc([N+](=O)[O-])nc32)o1. The monoisotopic (exact) mass is 361 g/mol. The Hall–Kier alpha value is -3.43. The summed E-state index contributed by atoms with van der Waals surface area (Å²) in [6.45, 7) is 3.08. The van der Waals surface area contributed by atoms with Crippen molar-refractivity contribution in [1.82, 2.24) is 4.98 Å². The van der Waals surface area contributed by atoms with Crippen LogP contribution in [0.2, 0.25) is 0 Å².